The molecule has 1 aliphatic rings. The monoisotopic (exact) mass is 320 g/mol. The van der Waals surface area contributed by atoms with Crippen molar-refractivity contribution in [3.05, 3.63) is 35.2 Å². The van der Waals surface area contributed by atoms with E-state index in [9.17, 15) is 4.79 Å². The molecule has 1 fully saturated rings. The van der Waals surface area contributed by atoms with Gasteiger partial charge in [0.05, 0.1) is 13.1 Å². The number of hydrogen-bond donors (Lipinski definition) is 1. The van der Waals surface area contributed by atoms with Gasteiger partial charge in [0.15, 0.2) is 0 Å². The van der Waals surface area contributed by atoms with Gasteiger partial charge < -0.3 is 9.84 Å². The third-order valence-corrected chi connectivity index (χ3v) is 3.55. The number of nitrogens with one attached hydrogen (secondary N) is 1. The summed E-state index contributed by atoms with van der Waals surface area (Å²) in [6, 6.07) is 7.65. The van der Waals surface area contributed by atoms with Crippen LogP contribution in [-0.4, -0.2) is 40.6 Å². The molecule has 6 nitrogen and oxygen atoms in total. The highest BCUT2D eigenvalue weighted by atomic mass is 35.5. The molecule has 1 heterocycles. The molecule has 0 saturated heterocycles. The van der Waals surface area contributed by atoms with Gasteiger partial charge in [-0.2, -0.15) is 4.98 Å². The predicted molar refractivity (Wildman–Crippen MR) is 82.2 cm³/mol. The van der Waals surface area contributed by atoms with Crippen molar-refractivity contribution in [2.24, 2.45) is 0 Å². The van der Waals surface area contributed by atoms with Crippen LogP contribution in [-0.2, 0) is 11.3 Å². The van der Waals surface area contributed by atoms with E-state index in [0.717, 1.165) is 18.4 Å². The Morgan fingerprint density at radius 2 is 2.32 bits per heavy atom. The molecule has 0 spiro atoms. The van der Waals surface area contributed by atoms with E-state index in [1.807, 2.05) is 24.1 Å². The summed E-state index contributed by atoms with van der Waals surface area (Å²) in [5.74, 6) is 0.990. The SMILES string of the molecule is CN(CC(=O)NC1CC1)Cc1nc(-c2cccc(Cl)c2)no1. The molecule has 0 aliphatic heterocycles. The molecule has 1 aromatic heterocycles. The third kappa shape index (κ3) is 4.05. The van der Waals surface area contributed by atoms with Gasteiger partial charge in [0.1, 0.15) is 0 Å². The van der Waals surface area contributed by atoms with Crippen LogP contribution in [0.5, 0.6) is 0 Å². The molecular formula is C15H17ClN4O2. The fraction of sp³-hybridized carbons (Fsp3) is 0.400. The summed E-state index contributed by atoms with van der Waals surface area (Å²) in [6.07, 6.45) is 2.17. The second-order valence-electron chi connectivity index (χ2n) is 5.54. The van der Waals surface area contributed by atoms with Gasteiger partial charge in [0.25, 0.3) is 0 Å². The number of likely N-dealkylation sites (N-methyl/N-ethyl adjacent to an activating group) is 1. The van der Waals surface area contributed by atoms with Gasteiger partial charge in [-0.1, -0.05) is 28.9 Å². The molecule has 0 radical (unpaired) electrons. The maximum absolute atomic E-state index is 11.7. The molecule has 1 aliphatic carbocycles. The van der Waals surface area contributed by atoms with Gasteiger partial charge in [0, 0.05) is 16.6 Å². The number of benzene rings is 1. The lowest BCUT2D eigenvalue weighted by Gasteiger charge is -2.13. The second kappa shape index (κ2) is 6.46. The first-order valence-corrected chi connectivity index (χ1v) is 7.54. The van der Waals surface area contributed by atoms with Crippen molar-refractivity contribution < 1.29 is 9.32 Å². The molecule has 0 unspecified atom stereocenters. The van der Waals surface area contributed by atoms with Crippen LogP contribution in [0.15, 0.2) is 28.8 Å². The van der Waals surface area contributed by atoms with Crippen LogP contribution >= 0.6 is 11.6 Å². The number of nitrogens with zero attached hydrogens (tertiary/aromatic N) is 3. The molecular weight excluding hydrogens is 304 g/mol. The number of rotatable bonds is 6. The number of carbonyl (C=O) groups is 1. The van der Waals surface area contributed by atoms with Crippen molar-refractivity contribution >= 4 is 17.5 Å². The zero-order chi connectivity index (χ0) is 15.5. The minimum Gasteiger partial charge on any atom is -0.352 e. The number of halogens is 1. The molecule has 1 saturated carbocycles. The zero-order valence-corrected chi connectivity index (χ0v) is 13.0. The minimum absolute atomic E-state index is 0.0274. The van der Waals surface area contributed by atoms with Crippen LogP contribution in [0, 0.1) is 0 Å². The van der Waals surface area contributed by atoms with Crippen LogP contribution in [0.1, 0.15) is 18.7 Å². The second-order valence-corrected chi connectivity index (χ2v) is 5.97. The number of aromatic nitrogens is 2. The van der Waals surface area contributed by atoms with E-state index >= 15 is 0 Å². The van der Waals surface area contributed by atoms with Crippen LogP contribution < -0.4 is 5.32 Å². The van der Waals surface area contributed by atoms with Gasteiger partial charge in [-0.15, -0.1) is 0 Å². The maximum Gasteiger partial charge on any atom is 0.241 e. The summed E-state index contributed by atoms with van der Waals surface area (Å²) < 4.78 is 5.23. The van der Waals surface area contributed by atoms with E-state index in [2.05, 4.69) is 15.5 Å². The summed E-state index contributed by atoms with van der Waals surface area (Å²) in [4.78, 5) is 17.9. The molecule has 116 valence electrons. The van der Waals surface area contributed by atoms with E-state index in [1.165, 1.54) is 0 Å². The van der Waals surface area contributed by atoms with Crippen molar-refractivity contribution in [3.8, 4) is 11.4 Å². The van der Waals surface area contributed by atoms with E-state index in [0.29, 0.717) is 35.9 Å². The van der Waals surface area contributed by atoms with Crippen molar-refractivity contribution in [2.45, 2.75) is 25.4 Å². The first-order valence-electron chi connectivity index (χ1n) is 7.16. The molecule has 1 amide bonds. The smallest absolute Gasteiger partial charge is 0.241 e. The maximum atomic E-state index is 11.7. The molecule has 22 heavy (non-hydrogen) atoms. The first kappa shape index (κ1) is 15.0. The summed E-state index contributed by atoms with van der Waals surface area (Å²) in [5, 5.41) is 7.51. The van der Waals surface area contributed by atoms with Crippen molar-refractivity contribution in [1.82, 2.24) is 20.4 Å². The van der Waals surface area contributed by atoms with Crippen molar-refractivity contribution in [1.29, 1.82) is 0 Å². The summed E-state index contributed by atoms with van der Waals surface area (Å²) in [6.45, 7) is 0.733. The Morgan fingerprint density at radius 3 is 3.05 bits per heavy atom. The molecule has 7 heteroatoms. The number of carbonyl (C=O) groups excluding carboxylic acids is 1. The summed E-state index contributed by atoms with van der Waals surface area (Å²) in [5.41, 5.74) is 0.802. The molecule has 1 N–H and O–H groups in total. The molecule has 2 aromatic rings. The first-order chi connectivity index (χ1) is 10.6. The Balaban J connectivity index is 1.57. The highest BCUT2D eigenvalue weighted by molar-refractivity contribution is 6.30. The minimum atomic E-state index is 0.0274. The van der Waals surface area contributed by atoms with E-state index in [1.54, 1.807) is 12.1 Å². The van der Waals surface area contributed by atoms with Crippen LogP contribution in [0.2, 0.25) is 5.02 Å². The van der Waals surface area contributed by atoms with Crippen LogP contribution in [0.3, 0.4) is 0 Å². The van der Waals surface area contributed by atoms with Gasteiger partial charge in [-0.3, -0.25) is 9.69 Å². The summed E-state index contributed by atoms with van der Waals surface area (Å²) >= 11 is 5.95. The summed E-state index contributed by atoms with van der Waals surface area (Å²) in [7, 11) is 1.84. The highest BCUT2D eigenvalue weighted by Crippen LogP contribution is 2.20. The fourth-order valence-electron chi connectivity index (χ4n) is 2.10. The van der Waals surface area contributed by atoms with Crippen molar-refractivity contribution in [3.63, 3.8) is 0 Å². The Bertz CT molecular complexity index is 669. The largest absolute Gasteiger partial charge is 0.352 e. The standard InChI is InChI=1S/C15H17ClN4O2/c1-20(8-13(21)17-12-5-6-12)9-14-18-15(19-22-14)10-3-2-4-11(16)7-10/h2-4,7,12H,5-6,8-9H2,1H3,(H,17,21). The van der Waals surface area contributed by atoms with Gasteiger partial charge in [0.2, 0.25) is 17.6 Å². The van der Waals surface area contributed by atoms with Crippen LogP contribution in [0.4, 0.5) is 0 Å². The molecule has 0 atom stereocenters. The quantitative estimate of drug-likeness (QED) is 0.882. The van der Waals surface area contributed by atoms with Crippen LogP contribution in [0.25, 0.3) is 11.4 Å². The van der Waals surface area contributed by atoms with Gasteiger partial charge in [-0.05, 0) is 32.0 Å². The lowest BCUT2D eigenvalue weighted by atomic mass is 10.2. The predicted octanol–water partition coefficient (Wildman–Crippen LogP) is 2.10. The Labute approximate surface area is 133 Å². The van der Waals surface area contributed by atoms with E-state index in [4.69, 9.17) is 16.1 Å². The normalized spacial score (nSPS) is 14.3. The third-order valence-electron chi connectivity index (χ3n) is 3.31. The highest BCUT2D eigenvalue weighted by Gasteiger charge is 2.23. The fourth-order valence-corrected chi connectivity index (χ4v) is 2.29. The Kier molecular flexibility index (Phi) is 4.40. The van der Waals surface area contributed by atoms with E-state index < -0.39 is 0 Å². The zero-order valence-electron chi connectivity index (χ0n) is 12.3. The van der Waals surface area contributed by atoms with Gasteiger partial charge >= 0.3 is 0 Å². The number of hydrogen-bond acceptors (Lipinski definition) is 5. The molecule has 3 rings (SSSR count). The Hall–Kier alpha value is -1.92. The van der Waals surface area contributed by atoms with Gasteiger partial charge in [-0.25, -0.2) is 0 Å². The van der Waals surface area contributed by atoms with E-state index in [-0.39, 0.29) is 5.91 Å². The average molecular weight is 321 g/mol. The lowest BCUT2D eigenvalue weighted by Crippen LogP contribution is -2.35. The molecule has 0 bridgehead atoms. The topological polar surface area (TPSA) is 71.3 Å². The Morgan fingerprint density at radius 1 is 1.50 bits per heavy atom. The van der Waals surface area contributed by atoms with Crippen molar-refractivity contribution in [2.75, 3.05) is 13.6 Å². The molecule has 1 aromatic carbocycles. The average Bonchev–Trinajstić information content (AvgIpc) is 3.14. The number of amides is 1. The lowest BCUT2D eigenvalue weighted by molar-refractivity contribution is -0.122.